The molecule has 0 unspecified atom stereocenters. The molecule has 1 amide bonds. The van der Waals surface area contributed by atoms with E-state index in [4.69, 9.17) is 33.3 Å². The van der Waals surface area contributed by atoms with Crippen molar-refractivity contribution in [1.82, 2.24) is 5.32 Å². The molecule has 0 bridgehead atoms. The monoisotopic (exact) mass is 382 g/mol. The van der Waals surface area contributed by atoms with Crippen molar-refractivity contribution in [2.75, 3.05) is 25.6 Å². The van der Waals surface area contributed by atoms with Gasteiger partial charge in [0.15, 0.2) is 5.11 Å². The molecule has 0 saturated heterocycles. The zero-order chi connectivity index (χ0) is 18.2. The molecule has 0 aliphatic carbocycles. The van der Waals surface area contributed by atoms with Crippen LogP contribution in [0.15, 0.2) is 42.5 Å². The van der Waals surface area contributed by atoms with Gasteiger partial charge in [-0.05, 0) is 42.5 Å². The third kappa shape index (κ3) is 5.67. The molecule has 0 spiro atoms. The van der Waals surface area contributed by atoms with E-state index in [0.29, 0.717) is 30.2 Å². The Labute approximate surface area is 155 Å². The second-order valence-corrected chi connectivity index (χ2v) is 5.69. The number of halogens is 2. The summed E-state index contributed by atoms with van der Waals surface area (Å²) in [5.74, 6) is -0.548. The topological polar surface area (TPSA) is 59.6 Å². The van der Waals surface area contributed by atoms with Crippen LogP contribution in [-0.4, -0.2) is 31.3 Å². The van der Waals surface area contributed by atoms with Gasteiger partial charge in [-0.1, -0.05) is 23.7 Å². The summed E-state index contributed by atoms with van der Waals surface area (Å²) >= 11 is 10.8. The van der Waals surface area contributed by atoms with Crippen LogP contribution in [0.4, 0.5) is 10.1 Å². The van der Waals surface area contributed by atoms with E-state index in [-0.39, 0.29) is 10.1 Å². The van der Waals surface area contributed by atoms with E-state index in [1.54, 1.807) is 31.4 Å². The highest BCUT2D eigenvalue weighted by molar-refractivity contribution is 7.80. The molecule has 25 heavy (non-hydrogen) atoms. The van der Waals surface area contributed by atoms with Crippen molar-refractivity contribution in [2.45, 2.75) is 0 Å². The summed E-state index contributed by atoms with van der Waals surface area (Å²) in [4.78, 5) is 12.4. The SMILES string of the molecule is COCCOc1ccccc1C(=O)NC(=S)Nc1ccc(F)c(Cl)c1. The van der Waals surface area contributed by atoms with Gasteiger partial charge in [0.25, 0.3) is 5.91 Å². The minimum Gasteiger partial charge on any atom is -0.490 e. The van der Waals surface area contributed by atoms with Crippen molar-refractivity contribution in [3.63, 3.8) is 0 Å². The van der Waals surface area contributed by atoms with E-state index in [2.05, 4.69) is 10.6 Å². The molecule has 132 valence electrons. The van der Waals surface area contributed by atoms with Gasteiger partial charge in [-0.15, -0.1) is 0 Å². The smallest absolute Gasteiger partial charge is 0.261 e. The van der Waals surface area contributed by atoms with Gasteiger partial charge < -0.3 is 14.8 Å². The summed E-state index contributed by atoms with van der Waals surface area (Å²) in [6.45, 7) is 0.721. The van der Waals surface area contributed by atoms with Crippen LogP contribution in [0, 0.1) is 5.82 Å². The lowest BCUT2D eigenvalue weighted by atomic mass is 10.2. The van der Waals surface area contributed by atoms with Gasteiger partial charge in [0.1, 0.15) is 18.2 Å². The number of hydrogen-bond donors (Lipinski definition) is 2. The summed E-state index contributed by atoms with van der Waals surface area (Å²) in [5.41, 5.74) is 0.793. The van der Waals surface area contributed by atoms with E-state index in [1.807, 2.05) is 0 Å². The number of ether oxygens (including phenoxy) is 2. The Balaban J connectivity index is 2.01. The first-order valence-corrected chi connectivity index (χ1v) is 8.08. The second kappa shape index (κ2) is 9.31. The van der Waals surface area contributed by atoms with Crippen LogP contribution < -0.4 is 15.4 Å². The van der Waals surface area contributed by atoms with Crippen LogP contribution in [0.2, 0.25) is 5.02 Å². The molecule has 2 aromatic carbocycles. The van der Waals surface area contributed by atoms with Crippen molar-refractivity contribution < 1.29 is 18.7 Å². The molecule has 2 rings (SSSR count). The molecule has 0 aliphatic rings. The highest BCUT2D eigenvalue weighted by Gasteiger charge is 2.14. The molecule has 5 nitrogen and oxygen atoms in total. The Bertz CT molecular complexity index is 773. The number of para-hydroxylation sites is 1. The quantitative estimate of drug-likeness (QED) is 0.590. The normalized spacial score (nSPS) is 10.2. The van der Waals surface area contributed by atoms with Gasteiger partial charge >= 0.3 is 0 Å². The van der Waals surface area contributed by atoms with Crippen LogP contribution >= 0.6 is 23.8 Å². The summed E-state index contributed by atoms with van der Waals surface area (Å²) in [6.07, 6.45) is 0. The Hall–Kier alpha value is -2.22. The van der Waals surface area contributed by atoms with Crippen molar-refractivity contribution in [2.24, 2.45) is 0 Å². The van der Waals surface area contributed by atoms with E-state index < -0.39 is 11.7 Å². The molecule has 0 atom stereocenters. The van der Waals surface area contributed by atoms with Crippen LogP contribution in [0.25, 0.3) is 0 Å². The Kier molecular flexibility index (Phi) is 7.12. The van der Waals surface area contributed by atoms with Crippen molar-refractivity contribution in [3.8, 4) is 5.75 Å². The van der Waals surface area contributed by atoms with Crippen LogP contribution in [-0.2, 0) is 4.74 Å². The van der Waals surface area contributed by atoms with Gasteiger partial charge in [0.05, 0.1) is 17.2 Å². The number of thiocarbonyl (C=S) groups is 1. The summed E-state index contributed by atoms with van der Waals surface area (Å²) in [7, 11) is 1.56. The molecule has 0 heterocycles. The highest BCUT2D eigenvalue weighted by Crippen LogP contribution is 2.20. The summed E-state index contributed by atoms with van der Waals surface area (Å²) < 4.78 is 23.6. The fraction of sp³-hybridized carbons (Fsp3) is 0.176. The average molecular weight is 383 g/mol. The lowest BCUT2D eigenvalue weighted by Gasteiger charge is -2.13. The minimum absolute atomic E-state index is 0.0454. The van der Waals surface area contributed by atoms with Gasteiger partial charge in [-0.2, -0.15) is 0 Å². The highest BCUT2D eigenvalue weighted by atomic mass is 35.5. The first-order chi connectivity index (χ1) is 12.0. The molecule has 0 aliphatic heterocycles. The Morgan fingerprint density at radius 3 is 2.72 bits per heavy atom. The fourth-order valence-electron chi connectivity index (χ4n) is 1.92. The molecule has 0 saturated carbocycles. The Morgan fingerprint density at radius 1 is 1.24 bits per heavy atom. The lowest BCUT2D eigenvalue weighted by Crippen LogP contribution is -2.34. The Morgan fingerprint density at radius 2 is 2.00 bits per heavy atom. The molecule has 2 N–H and O–H groups in total. The molecule has 0 fully saturated rings. The summed E-state index contributed by atoms with van der Waals surface area (Å²) in [6, 6.07) is 10.8. The van der Waals surface area contributed by atoms with Gasteiger partial charge in [0, 0.05) is 12.8 Å². The van der Waals surface area contributed by atoms with Gasteiger partial charge in [0.2, 0.25) is 0 Å². The molecular weight excluding hydrogens is 367 g/mol. The maximum atomic E-state index is 13.2. The van der Waals surface area contributed by atoms with Crippen LogP contribution in [0.5, 0.6) is 5.75 Å². The van der Waals surface area contributed by atoms with E-state index >= 15 is 0 Å². The maximum Gasteiger partial charge on any atom is 0.261 e. The second-order valence-electron chi connectivity index (χ2n) is 4.87. The van der Waals surface area contributed by atoms with Gasteiger partial charge in [-0.25, -0.2) is 4.39 Å². The summed E-state index contributed by atoms with van der Waals surface area (Å²) in [5, 5.41) is 5.32. The standard InChI is InChI=1S/C17H16ClFN2O3S/c1-23-8-9-24-15-5-3-2-4-12(15)16(22)21-17(25)20-11-6-7-14(19)13(18)10-11/h2-7,10H,8-9H2,1H3,(H2,20,21,22,25). The number of hydrogen-bond acceptors (Lipinski definition) is 4. The fourth-order valence-corrected chi connectivity index (χ4v) is 2.31. The number of carbonyl (C=O) groups is 1. The third-order valence-corrected chi connectivity index (χ3v) is 3.58. The number of rotatable bonds is 6. The first-order valence-electron chi connectivity index (χ1n) is 7.29. The molecule has 0 radical (unpaired) electrons. The number of methoxy groups -OCH3 is 1. The number of carbonyl (C=O) groups excluding carboxylic acids is 1. The lowest BCUT2D eigenvalue weighted by molar-refractivity contribution is 0.0970. The molecule has 2 aromatic rings. The zero-order valence-electron chi connectivity index (χ0n) is 13.3. The molecule has 8 heteroatoms. The van der Waals surface area contributed by atoms with Crippen LogP contribution in [0.3, 0.4) is 0 Å². The maximum absolute atomic E-state index is 13.2. The van der Waals surface area contributed by atoms with E-state index in [1.165, 1.54) is 18.2 Å². The van der Waals surface area contributed by atoms with E-state index in [9.17, 15) is 9.18 Å². The molecular formula is C17H16ClFN2O3S. The first kappa shape index (κ1) is 19.1. The zero-order valence-corrected chi connectivity index (χ0v) is 14.9. The van der Waals surface area contributed by atoms with Crippen molar-refractivity contribution >= 4 is 40.5 Å². The average Bonchev–Trinajstić information content (AvgIpc) is 2.58. The number of benzene rings is 2. The van der Waals surface area contributed by atoms with Crippen molar-refractivity contribution in [3.05, 3.63) is 58.9 Å². The largest absolute Gasteiger partial charge is 0.490 e. The molecule has 0 aromatic heterocycles. The number of anilines is 1. The predicted octanol–water partition coefficient (Wildman–Crippen LogP) is 3.63. The van der Waals surface area contributed by atoms with Crippen LogP contribution in [0.1, 0.15) is 10.4 Å². The predicted molar refractivity (Wildman–Crippen MR) is 98.9 cm³/mol. The van der Waals surface area contributed by atoms with E-state index in [0.717, 1.165) is 0 Å². The number of nitrogens with one attached hydrogen (secondary N) is 2. The van der Waals surface area contributed by atoms with Gasteiger partial charge in [-0.3, -0.25) is 10.1 Å². The van der Waals surface area contributed by atoms with Crippen molar-refractivity contribution in [1.29, 1.82) is 0 Å². The number of amides is 1. The minimum atomic E-state index is -0.538. The third-order valence-electron chi connectivity index (χ3n) is 3.08.